The normalized spacial score (nSPS) is 18.3. The predicted molar refractivity (Wildman–Crippen MR) is 91.8 cm³/mol. The highest BCUT2D eigenvalue weighted by Crippen LogP contribution is 2.16. The van der Waals surface area contributed by atoms with Gasteiger partial charge in [-0.25, -0.2) is 18.4 Å². The smallest absolute Gasteiger partial charge is 0.275 e. The molecule has 1 aliphatic heterocycles. The molecule has 0 aliphatic carbocycles. The summed E-state index contributed by atoms with van der Waals surface area (Å²) in [5.74, 6) is 0.217. The lowest BCUT2D eigenvalue weighted by Gasteiger charge is -2.11. The Hall–Kier alpha value is -2.99. The van der Waals surface area contributed by atoms with E-state index in [-0.39, 0.29) is 23.2 Å². The maximum absolute atomic E-state index is 12.2. The van der Waals surface area contributed by atoms with Crippen molar-refractivity contribution in [2.75, 3.05) is 22.1 Å². The molecule has 128 valence electrons. The number of carbonyl (C=O) groups excluding carboxylic acids is 1. The molecule has 0 radical (unpaired) electrons. The molecule has 3 rings (SSSR count). The van der Waals surface area contributed by atoms with Crippen molar-refractivity contribution in [3.8, 4) is 6.07 Å². The number of benzene rings is 1. The van der Waals surface area contributed by atoms with Crippen LogP contribution in [0.5, 0.6) is 0 Å². The van der Waals surface area contributed by atoms with Crippen LogP contribution in [0.2, 0.25) is 0 Å². The van der Waals surface area contributed by atoms with Crippen LogP contribution in [0.4, 0.5) is 11.5 Å². The van der Waals surface area contributed by atoms with Crippen molar-refractivity contribution in [1.82, 2.24) is 9.97 Å². The topological polar surface area (TPSA) is 125 Å². The van der Waals surface area contributed by atoms with Crippen LogP contribution in [-0.4, -0.2) is 41.8 Å². The lowest BCUT2D eigenvalue weighted by Crippen LogP contribution is -2.22. The number of nitrogens with zero attached hydrogens (tertiary/aromatic N) is 3. The van der Waals surface area contributed by atoms with E-state index in [1.54, 1.807) is 24.3 Å². The quantitative estimate of drug-likeness (QED) is 0.842. The Balaban J connectivity index is 1.63. The van der Waals surface area contributed by atoms with E-state index in [9.17, 15) is 13.2 Å². The molecule has 1 saturated heterocycles. The number of sulfone groups is 1. The Morgan fingerprint density at radius 1 is 1.28 bits per heavy atom. The first-order chi connectivity index (χ1) is 11.9. The Bertz CT molecular complexity index is 935. The highest BCUT2D eigenvalue weighted by atomic mass is 32.2. The Morgan fingerprint density at radius 2 is 2.12 bits per heavy atom. The third-order valence-corrected chi connectivity index (χ3v) is 5.49. The molecular formula is C16H15N5O3S. The molecule has 1 amide bonds. The molecule has 0 bridgehead atoms. The van der Waals surface area contributed by atoms with Crippen LogP contribution in [0, 0.1) is 11.3 Å². The first-order valence-electron chi connectivity index (χ1n) is 7.56. The maximum atomic E-state index is 12.2. The number of rotatable bonds is 4. The van der Waals surface area contributed by atoms with Gasteiger partial charge in [0.15, 0.2) is 9.84 Å². The summed E-state index contributed by atoms with van der Waals surface area (Å²) in [6.45, 7) is 0. The second-order valence-electron chi connectivity index (χ2n) is 5.68. The van der Waals surface area contributed by atoms with Crippen LogP contribution in [0.1, 0.15) is 22.5 Å². The molecule has 1 aromatic carbocycles. The van der Waals surface area contributed by atoms with Crippen LogP contribution in [0.25, 0.3) is 0 Å². The van der Waals surface area contributed by atoms with Crippen molar-refractivity contribution in [1.29, 1.82) is 5.26 Å². The summed E-state index contributed by atoms with van der Waals surface area (Å²) in [6.07, 6.45) is 3.24. The van der Waals surface area contributed by atoms with Crippen molar-refractivity contribution in [3.05, 3.63) is 47.9 Å². The summed E-state index contributed by atoms with van der Waals surface area (Å²) in [5, 5.41) is 14.5. The summed E-state index contributed by atoms with van der Waals surface area (Å²) < 4.78 is 22.9. The standard InChI is InChI=1S/C16H15N5O3S/c17-7-11-2-1-3-12(6-11)21-16(22)14-8-19-15(9-18-14)20-13-4-5-25(23,24)10-13/h1-3,6,8-9,13H,4-5,10H2,(H,19,20)(H,21,22). The summed E-state index contributed by atoms with van der Waals surface area (Å²) >= 11 is 0. The molecule has 0 spiro atoms. The number of amides is 1. The van der Waals surface area contributed by atoms with E-state index in [0.717, 1.165) is 0 Å². The third kappa shape index (κ3) is 4.30. The lowest BCUT2D eigenvalue weighted by molar-refractivity contribution is 0.102. The summed E-state index contributed by atoms with van der Waals surface area (Å²) in [5.41, 5.74) is 1.05. The van der Waals surface area contributed by atoms with Crippen molar-refractivity contribution in [2.45, 2.75) is 12.5 Å². The largest absolute Gasteiger partial charge is 0.365 e. The predicted octanol–water partition coefficient (Wildman–Crippen LogP) is 1.20. The molecule has 1 unspecified atom stereocenters. The highest BCUT2D eigenvalue weighted by Gasteiger charge is 2.27. The molecule has 25 heavy (non-hydrogen) atoms. The third-order valence-electron chi connectivity index (χ3n) is 3.72. The fourth-order valence-electron chi connectivity index (χ4n) is 2.50. The zero-order valence-electron chi connectivity index (χ0n) is 13.1. The number of aromatic nitrogens is 2. The minimum absolute atomic E-state index is 0.0755. The SMILES string of the molecule is N#Cc1cccc(NC(=O)c2cnc(NC3CCS(=O)(=O)C3)cn2)c1. The van der Waals surface area contributed by atoms with Gasteiger partial charge in [0.2, 0.25) is 0 Å². The van der Waals surface area contributed by atoms with E-state index < -0.39 is 15.7 Å². The molecule has 1 fully saturated rings. The van der Waals surface area contributed by atoms with Crippen LogP contribution in [0.15, 0.2) is 36.7 Å². The first-order valence-corrected chi connectivity index (χ1v) is 9.38. The molecule has 1 aromatic heterocycles. The van der Waals surface area contributed by atoms with Gasteiger partial charge in [-0.2, -0.15) is 5.26 Å². The van der Waals surface area contributed by atoms with E-state index in [4.69, 9.17) is 5.26 Å². The molecule has 1 atom stereocenters. The Morgan fingerprint density at radius 3 is 2.76 bits per heavy atom. The molecule has 8 nitrogen and oxygen atoms in total. The number of hydrogen-bond donors (Lipinski definition) is 2. The van der Waals surface area contributed by atoms with Gasteiger partial charge < -0.3 is 10.6 Å². The lowest BCUT2D eigenvalue weighted by atomic mass is 10.2. The second-order valence-corrected chi connectivity index (χ2v) is 7.91. The van der Waals surface area contributed by atoms with Gasteiger partial charge >= 0.3 is 0 Å². The number of carbonyl (C=O) groups is 1. The van der Waals surface area contributed by atoms with Crippen LogP contribution in [0.3, 0.4) is 0 Å². The van der Waals surface area contributed by atoms with Crippen molar-refractivity contribution in [2.24, 2.45) is 0 Å². The van der Waals surface area contributed by atoms with Crippen LogP contribution in [-0.2, 0) is 9.84 Å². The van der Waals surface area contributed by atoms with Crippen molar-refractivity contribution >= 4 is 27.2 Å². The molecule has 2 N–H and O–H groups in total. The molecule has 2 heterocycles. The average Bonchev–Trinajstić information content (AvgIpc) is 2.94. The van der Waals surface area contributed by atoms with Crippen molar-refractivity contribution < 1.29 is 13.2 Å². The molecule has 0 saturated carbocycles. The average molecular weight is 357 g/mol. The zero-order chi connectivity index (χ0) is 17.9. The fraction of sp³-hybridized carbons (Fsp3) is 0.250. The number of nitriles is 1. The first kappa shape index (κ1) is 16.9. The monoisotopic (exact) mass is 357 g/mol. The van der Waals surface area contributed by atoms with E-state index >= 15 is 0 Å². The van der Waals surface area contributed by atoms with Crippen LogP contribution < -0.4 is 10.6 Å². The molecule has 1 aliphatic rings. The van der Waals surface area contributed by atoms with Gasteiger partial charge in [-0.05, 0) is 24.6 Å². The van der Waals surface area contributed by atoms with E-state index in [0.29, 0.717) is 23.5 Å². The van der Waals surface area contributed by atoms with Gasteiger partial charge in [0, 0.05) is 11.7 Å². The molecule has 2 aromatic rings. The van der Waals surface area contributed by atoms with Gasteiger partial charge in [-0.15, -0.1) is 0 Å². The number of nitrogens with one attached hydrogen (secondary N) is 2. The Labute approximate surface area is 144 Å². The molecule has 9 heteroatoms. The Kier molecular flexibility index (Phi) is 4.63. The van der Waals surface area contributed by atoms with E-state index in [1.807, 2.05) is 6.07 Å². The van der Waals surface area contributed by atoms with Gasteiger partial charge in [0.05, 0.1) is 35.5 Å². The second kappa shape index (κ2) is 6.86. The van der Waals surface area contributed by atoms with E-state index in [2.05, 4.69) is 20.6 Å². The van der Waals surface area contributed by atoms with Crippen molar-refractivity contribution in [3.63, 3.8) is 0 Å². The van der Waals surface area contributed by atoms with Gasteiger partial charge in [-0.1, -0.05) is 6.07 Å². The minimum atomic E-state index is -2.98. The number of hydrogen-bond acceptors (Lipinski definition) is 7. The van der Waals surface area contributed by atoms with Gasteiger partial charge in [-0.3, -0.25) is 4.79 Å². The van der Waals surface area contributed by atoms with E-state index in [1.165, 1.54) is 12.4 Å². The highest BCUT2D eigenvalue weighted by molar-refractivity contribution is 7.91. The summed E-state index contributed by atoms with van der Waals surface area (Å²) in [4.78, 5) is 20.3. The zero-order valence-corrected chi connectivity index (χ0v) is 14.0. The minimum Gasteiger partial charge on any atom is -0.365 e. The van der Waals surface area contributed by atoms with Crippen LogP contribution >= 0.6 is 0 Å². The molecular weight excluding hydrogens is 342 g/mol. The number of anilines is 2. The van der Waals surface area contributed by atoms with Gasteiger partial charge in [0.25, 0.3) is 5.91 Å². The maximum Gasteiger partial charge on any atom is 0.275 e. The fourth-order valence-corrected chi connectivity index (χ4v) is 4.17. The summed E-state index contributed by atoms with van der Waals surface area (Å²) in [6, 6.07) is 8.34. The van der Waals surface area contributed by atoms with Gasteiger partial charge in [0.1, 0.15) is 11.5 Å². The summed E-state index contributed by atoms with van der Waals surface area (Å²) in [7, 11) is -2.98.